The lowest BCUT2D eigenvalue weighted by Crippen LogP contribution is -2.38. The van der Waals surface area contributed by atoms with Crippen LogP contribution in [0.25, 0.3) is 0 Å². The van der Waals surface area contributed by atoms with E-state index in [4.69, 9.17) is 0 Å². The van der Waals surface area contributed by atoms with Gasteiger partial charge in [-0.2, -0.15) is 0 Å². The van der Waals surface area contributed by atoms with Crippen molar-refractivity contribution in [1.82, 2.24) is 10.6 Å². The Kier molecular flexibility index (Phi) is 7.01. The first-order valence-electron chi connectivity index (χ1n) is 7.19. The maximum atomic E-state index is 4.56. The number of nitrogens with one attached hydrogen (secondary N) is 2. The maximum absolute atomic E-state index is 4.56. The van der Waals surface area contributed by atoms with E-state index in [1.807, 2.05) is 0 Å². The lowest BCUT2D eigenvalue weighted by atomic mass is 10.1. The van der Waals surface area contributed by atoms with Crippen LogP contribution in [0.5, 0.6) is 0 Å². The van der Waals surface area contributed by atoms with Gasteiger partial charge in [0.25, 0.3) is 0 Å². The standard InChI is InChI=1S/C16H27N3/c1-5-17-16(19-12-13(2)3)18-10-9-15-8-6-7-14(4)11-15/h6-8,11,13H,5,9-10,12H2,1-4H3,(H2,17,18,19). The lowest BCUT2D eigenvalue weighted by molar-refractivity contribution is 0.656. The Morgan fingerprint density at radius 3 is 2.68 bits per heavy atom. The summed E-state index contributed by atoms with van der Waals surface area (Å²) in [6.45, 7) is 11.2. The van der Waals surface area contributed by atoms with Gasteiger partial charge in [-0.15, -0.1) is 0 Å². The Labute approximate surface area is 117 Å². The van der Waals surface area contributed by atoms with Gasteiger partial charge in [0.1, 0.15) is 0 Å². The normalized spacial score (nSPS) is 11.7. The van der Waals surface area contributed by atoms with Gasteiger partial charge in [0.15, 0.2) is 5.96 Å². The third kappa shape index (κ3) is 6.85. The topological polar surface area (TPSA) is 36.4 Å². The molecule has 1 aromatic carbocycles. The second-order valence-electron chi connectivity index (χ2n) is 5.28. The van der Waals surface area contributed by atoms with E-state index in [0.29, 0.717) is 5.92 Å². The highest BCUT2D eigenvalue weighted by atomic mass is 15.2. The van der Waals surface area contributed by atoms with E-state index in [1.165, 1.54) is 11.1 Å². The van der Waals surface area contributed by atoms with E-state index < -0.39 is 0 Å². The number of guanidine groups is 1. The quantitative estimate of drug-likeness (QED) is 0.610. The van der Waals surface area contributed by atoms with Crippen molar-refractivity contribution in [3.05, 3.63) is 35.4 Å². The molecule has 0 saturated heterocycles. The van der Waals surface area contributed by atoms with Crippen LogP contribution in [0, 0.1) is 12.8 Å². The van der Waals surface area contributed by atoms with Crippen molar-refractivity contribution in [2.45, 2.75) is 34.1 Å². The molecule has 0 aliphatic rings. The van der Waals surface area contributed by atoms with Crippen molar-refractivity contribution >= 4 is 5.96 Å². The molecular weight excluding hydrogens is 234 g/mol. The Morgan fingerprint density at radius 1 is 1.26 bits per heavy atom. The third-order valence-corrected chi connectivity index (χ3v) is 2.75. The first-order chi connectivity index (χ1) is 9.11. The van der Waals surface area contributed by atoms with E-state index in [0.717, 1.165) is 32.0 Å². The molecule has 3 nitrogen and oxygen atoms in total. The summed E-state index contributed by atoms with van der Waals surface area (Å²) in [7, 11) is 0. The average molecular weight is 261 g/mol. The highest BCUT2D eigenvalue weighted by molar-refractivity contribution is 5.79. The predicted octanol–water partition coefficient (Wildman–Crippen LogP) is 2.75. The van der Waals surface area contributed by atoms with Crippen LogP contribution in [0.2, 0.25) is 0 Å². The van der Waals surface area contributed by atoms with Gasteiger partial charge in [0, 0.05) is 19.6 Å². The molecule has 0 fully saturated rings. The monoisotopic (exact) mass is 261 g/mol. The maximum Gasteiger partial charge on any atom is 0.191 e. The van der Waals surface area contributed by atoms with Gasteiger partial charge in [0.2, 0.25) is 0 Å². The fraction of sp³-hybridized carbons (Fsp3) is 0.562. The minimum Gasteiger partial charge on any atom is -0.357 e. The van der Waals surface area contributed by atoms with Crippen LogP contribution >= 0.6 is 0 Å². The molecule has 106 valence electrons. The average Bonchev–Trinajstić information content (AvgIpc) is 2.36. The lowest BCUT2D eigenvalue weighted by Gasteiger charge is -2.12. The van der Waals surface area contributed by atoms with Gasteiger partial charge in [-0.05, 0) is 31.7 Å². The molecule has 0 atom stereocenters. The molecule has 0 saturated carbocycles. The van der Waals surface area contributed by atoms with Crippen LogP contribution in [0.1, 0.15) is 31.9 Å². The third-order valence-electron chi connectivity index (χ3n) is 2.75. The first kappa shape index (κ1) is 15.5. The summed E-state index contributed by atoms with van der Waals surface area (Å²) in [6.07, 6.45) is 1.02. The van der Waals surface area contributed by atoms with Crippen LogP contribution < -0.4 is 10.6 Å². The molecule has 0 aliphatic heterocycles. The molecule has 0 amide bonds. The van der Waals surface area contributed by atoms with E-state index in [9.17, 15) is 0 Å². The molecule has 0 aromatic heterocycles. The van der Waals surface area contributed by atoms with Crippen LogP contribution in [-0.4, -0.2) is 25.6 Å². The van der Waals surface area contributed by atoms with E-state index >= 15 is 0 Å². The second kappa shape index (κ2) is 8.57. The fourth-order valence-corrected chi connectivity index (χ4v) is 1.81. The number of aliphatic imine (C=N–C) groups is 1. The molecule has 0 heterocycles. The highest BCUT2D eigenvalue weighted by Crippen LogP contribution is 2.03. The predicted molar refractivity (Wildman–Crippen MR) is 83.7 cm³/mol. The SMILES string of the molecule is CCNC(=NCC(C)C)NCCc1cccc(C)c1. The minimum atomic E-state index is 0.590. The van der Waals surface area contributed by atoms with Crippen LogP contribution in [0.4, 0.5) is 0 Å². The Morgan fingerprint density at radius 2 is 2.05 bits per heavy atom. The van der Waals surface area contributed by atoms with Crippen LogP contribution in [0.3, 0.4) is 0 Å². The molecule has 0 radical (unpaired) electrons. The molecule has 0 spiro atoms. The highest BCUT2D eigenvalue weighted by Gasteiger charge is 1.99. The smallest absolute Gasteiger partial charge is 0.191 e. The van der Waals surface area contributed by atoms with Gasteiger partial charge >= 0.3 is 0 Å². The molecule has 0 bridgehead atoms. The van der Waals surface area contributed by atoms with Crippen LogP contribution in [-0.2, 0) is 6.42 Å². The van der Waals surface area contributed by atoms with Crippen molar-refractivity contribution in [3.63, 3.8) is 0 Å². The largest absolute Gasteiger partial charge is 0.357 e. The van der Waals surface area contributed by atoms with Crippen molar-refractivity contribution < 1.29 is 0 Å². The van der Waals surface area contributed by atoms with Gasteiger partial charge in [-0.1, -0.05) is 43.7 Å². The summed E-state index contributed by atoms with van der Waals surface area (Å²) in [4.78, 5) is 4.56. The Hall–Kier alpha value is -1.51. The molecule has 1 aromatic rings. The molecule has 0 aliphatic carbocycles. The Balaban J connectivity index is 2.41. The van der Waals surface area contributed by atoms with Gasteiger partial charge in [-0.3, -0.25) is 4.99 Å². The number of benzene rings is 1. The van der Waals surface area contributed by atoms with Crippen LogP contribution in [0.15, 0.2) is 29.3 Å². The van der Waals surface area contributed by atoms with Gasteiger partial charge < -0.3 is 10.6 Å². The number of hydrogen-bond donors (Lipinski definition) is 2. The molecule has 19 heavy (non-hydrogen) atoms. The molecule has 0 unspecified atom stereocenters. The number of rotatable bonds is 6. The summed E-state index contributed by atoms with van der Waals surface area (Å²) >= 11 is 0. The van der Waals surface area contributed by atoms with Crippen molar-refractivity contribution in [2.24, 2.45) is 10.9 Å². The zero-order valence-corrected chi connectivity index (χ0v) is 12.7. The number of nitrogens with zero attached hydrogens (tertiary/aromatic N) is 1. The van der Waals surface area contributed by atoms with E-state index in [-0.39, 0.29) is 0 Å². The first-order valence-corrected chi connectivity index (χ1v) is 7.19. The fourth-order valence-electron chi connectivity index (χ4n) is 1.81. The van der Waals surface area contributed by atoms with E-state index in [2.05, 4.69) is 67.6 Å². The summed E-state index contributed by atoms with van der Waals surface area (Å²) < 4.78 is 0. The number of aryl methyl sites for hydroxylation is 1. The number of hydrogen-bond acceptors (Lipinski definition) is 1. The summed E-state index contributed by atoms with van der Waals surface area (Å²) in [5.41, 5.74) is 2.69. The molecule has 3 heteroatoms. The molecule has 1 rings (SSSR count). The molecular formula is C16H27N3. The van der Waals surface area contributed by atoms with Crippen molar-refractivity contribution in [1.29, 1.82) is 0 Å². The minimum absolute atomic E-state index is 0.590. The Bertz CT molecular complexity index is 397. The summed E-state index contributed by atoms with van der Waals surface area (Å²) in [5.74, 6) is 1.51. The summed E-state index contributed by atoms with van der Waals surface area (Å²) in [5, 5.41) is 6.66. The summed E-state index contributed by atoms with van der Waals surface area (Å²) in [6, 6.07) is 8.65. The zero-order valence-electron chi connectivity index (χ0n) is 12.7. The second-order valence-corrected chi connectivity index (χ2v) is 5.28. The van der Waals surface area contributed by atoms with Crippen molar-refractivity contribution in [2.75, 3.05) is 19.6 Å². The van der Waals surface area contributed by atoms with Gasteiger partial charge in [-0.25, -0.2) is 0 Å². The van der Waals surface area contributed by atoms with Crippen molar-refractivity contribution in [3.8, 4) is 0 Å². The molecule has 2 N–H and O–H groups in total. The van der Waals surface area contributed by atoms with Gasteiger partial charge in [0.05, 0.1) is 0 Å². The zero-order chi connectivity index (χ0) is 14.1. The van der Waals surface area contributed by atoms with E-state index in [1.54, 1.807) is 0 Å².